The highest BCUT2D eigenvalue weighted by atomic mass is 32.2. The Morgan fingerprint density at radius 1 is 0.727 bits per heavy atom. The lowest BCUT2D eigenvalue weighted by molar-refractivity contribution is -0.777. The molecule has 0 aromatic carbocycles. The van der Waals surface area contributed by atoms with E-state index in [2.05, 4.69) is 18.8 Å². The van der Waals surface area contributed by atoms with Crippen LogP contribution in [-0.2, 0) is 38.6 Å². The minimum atomic E-state index is -7.55. The Morgan fingerprint density at radius 2 is 1.11 bits per heavy atom. The fourth-order valence-electron chi connectivity index (χ4n) is 6.99. The molecular weight excluding hydrogens is 692 g/mol. The van der Waals surface area contributed by atoms with Gasteiger partial charge in [-0.2, -0.15) is 57.0 Å². The number of carbonyl (C=O) groups is 2. The van der Waals surface area contributed by atoms with Gasteiger partial charge in [0.15, 0.2) is 0 Å². The van der Waals surface area contributed by atoms with E-state index >= 15 is 0 Å². The van der Waals surface area contributed by atoms with Crippen LogP contribution in [0.25, 0.3) is 0 Å². The number of esters is 2. The molecule has 24 heteroatoms. The highest BCUT2D eigenvalue weighted by Gasteiger charge is 2.82. The number of rotatable bonds is 10. The SMILES string of the molecule is O=C(OCC12CC3CC(C1)CC(COC(=O)C(C(F)(F)F)(C(F)(F)F)S(=O)(=O)[O-])(C3)C2)C(SOO[O-])(C(F)(F)F)C(F)(F)F. The number of hydrogen-bond donors (Lipinski definition) is 0. The Morgan fingerprint density at radius 3 is 1.43 bits per heavy atom. The van der Waals surface area contributed by atoms with Gasteiger partial charge < -0.3 is 19.3 Å². The Labute approximate surface area is 242 Å². The van der Waals surface area contributed by atoms with Crippen LogP contribution in [0.15, 0.2) is 0 Å². The van der Waals surface area contributed by atoms with Crippen LogP contribution in [0.2, 0.25) is 0 Å². The molecule has 0 spiro atoms. The zero-order chi connectivity index (χ0) is 34.0. The van der Waals surface area contributed by atoms with E-state index in [1.165, 1.54) is 0 Å². The molecular formula is C20H18F12O10S2-2. The molecule has 0 saturated heterocycles. The van der Waals surface area contributed by atoms with Crippen LogP contribution in [0, 0.1) is 22.7 Å². The standard InChI is InChI=1S/C20H20F12O10S2/c21-17(22,23)15(18(24,25)26,43-42-41-35)11(33)39-7-13-2-9-1-10(3-13)5-14(4-9,6-13)8-40-12(34)16(19(27,28)29,20(30,31)32)44(36,37)38/h9-10,35H,1-8H2,(H,36,37,38)/p-2. The lowest BCUT2D eigenvalue weighted by atomic mass is 9.44. The van der Waals surface area contributed by atoms with E-state index in [-0.39, 0.29) is 25.7 Å². The maximum absolute atomic E-state index is 13.6. The Kier molecular flexibility index (Phi) is 9.34. The van der Waals surface area contributed by atoms with Crippen molar-refractivity contribution in [1.29, 1.82) is 0 Å². The van der Waals surface area contributed by atoms with E-state index in [0.29, 0.717) is 6.42 Å². The topological polar surface area (TPSA) is 151 Å². The second-order valence-electron chi connectivity index (χ2n) is 11.1. The quantitative estimate of drug-likeness (QED) is 0.0814. The summed E-state index contributed by atoms with van der Waals surface area (Å²) in [5.41, 5.74) is -3.09. The highest BCUT2D eigenvalue weighted by Crippen LogP contribution is 2.66. The fraction of sp³-hybridized carbons (Fsp3) is 0.900. The first-order valence-electron chi connectivity index (χ1n) is 11.8. The predicted octanol–water partition coefficient (Wildman–Crippen LogP) is 3.80. The lowest BCUT2D eigenvalue weighted by Crippen LogP contribution is -2.68. The molecule has 2 unspecified atom stereocenters. The summed E-state index contributed by atoms with van der Waals surface area (Å²) in [6, 6.07) is 0. The summed E-state index contributed by atoms with van der Waals surface area (Å²) in [6.45, 7) is -2.54. The highest BCUT2D eigenvalue weighted by molar-refractivity contribution is 7.97. The summed E-state index contributed by atoms with van der Waals surface area (Å²) in [6.07, 6.45) is -27.4. The number of ether oxygens (including phenoxy) is 2. The van der Waals surface area contributed by atoms with Crippen molar-refractivity contribution in [2.75, 3.05) is 13.2 Å². The minimum absolute atomic E-state index is 0.0468. The molecule has 2 atom stereocenters. The van der Waals surface area contributed by atoms with E-state index < -0.39 is 111 Å². The van der Waals surface area contributed by atoms with E-state index in [1.54, 1.807) is 0 Å². The molecule has 0 aliphatic heterocycles. The molecule has 44 heavy (non-hydrogen) atoms. The molecule has 0 aromatic heterocycles. The molecule has 0 aromatic rings. The molecule has 4 bridgehead atoms. The Bertz CT molecular complexity index is 1190. The van der Waals surface area contributed by atoms with Gasteiger partial charge in [0.05, 0.1) is 25.3 Å². The molecule has 4 saturated carbocycles. The second kappa shape index (κ2) is 11.2. The third-order valence-electron chi connectivity index (χ3n) is 8.06. The van der Waals surface area contributed by atoms with Crippen molar-refractivity contribution in [1.82, 2.24) is 0 Å². The van der Waals surface area contributed by atoms with Crippen LogP contribution in [0.4, 0.5) is 52.7 Å². The smallest absolute Gasteiger partial charge is 0.426 e. The van der Waals surface area contributed by atoms with Crippen molar-refractivity contribution in [3.8, 4) is 0 Å². The zero-order valence-corrected chi connectivity index (χ0v) is 22.9. The lowest BCUT2D eigenvalue weighted by Gasteiger charge is -2.61. The van der Waals surface area contributed by atoms with E-state index in [1.807, 2.05) is 0 Å². The molecule has 4 rings (SSSR count). The van der Waals surface area contributed by atoms with Gasteiger partial charge in [0, 0.05) is 10.8 Å². The first-order valence-corrected chi connectivity index (χ1v) is 14.0. The molecule has 0 radical (unpaired) electrons. The van der Waals surface area contributed by atoms with Gasteiger partial charge in [-0.1, -0.05) is 0 Å². The summed E-state index contributed by atoms with van der Waals surface area (Å²) < 4.78 is 196. The van der Waals surface area contributed by atoms with Crippen molar-refractivity contribution in [2.24, 2.45) is 22.7 Å². The van der Waals surface area contributed by atoms with Crippen molar-refractivity contribution in [3.63, 3.8) is 0 Å². The third kappa shape index (κ3) is 5.93. The molecule has 256 valence electrons. The normalized spacial score (nSPS) is 28.2. The van der Waals surface area contributed by atoms with Gasteiger partial charge >= 0.3 is 46.1 Å². The number of halogens is 12. The van der Waals surface area contributed by atoms with Crippen molar-refractivity contribution < 1.29 is 99.3 Å². The number of hydrogen-bond acceptors (Lipinski definition) is 11. The van der Waals surface area contributed by atoms with E-state index in [0.717, 1.165) is 0 Å². The van der Waals surface area contributed by atoms with Gasteiger partial charge in [0.2, 0.25) is 0 Å². The molecule has 10 nitrogen and oxygen atoms in total. The van der Waals surface area contributed by atoms with Crippen molar-refractivity contribution >= 4 is 34.1 Å². The van der Waals surface area contributed by atoms with E-state index in [4.69, 9.17) is 0 Å². The fourth-order valence-corrected chi connectivity index (χ4v) is 8.27. The minimum Gasteiger partial charge on any atom is -0.747 e. The monoisotopic (exact) mass is 710 g/mol. The number of alkyl halides is 12. The van der Waals surface area contributed by atoms with Crippen LogP contribution in [0.3, 0.4) is 0 Å². The van der Waals surface area contributed by atoms with E-state index in [9.17, 15) is 80.5 Å². The van der Waals surface area contributed by atoms with Gasteiger partial charge in [0.1, 0.15) is 10.1 Å². The van der Waals surface area contributed by atoms with Crippen LogP contribution < -0.4 is 5.26 Å². The van der Waals surface area contributed by atoms with Gasteiger partial charge in [-0.3, -0.25) is 5.04 Å². The molecule has 4 aliphatic carbocycles. The summed E-state index contributed by atoms with van der Waals surface area (Å²) in [7, 11) is -7.55. The van der Waals surface area contributed by atoms with Crippen molar-refractivity contribution in [2.45, 2.75) is 72.7 Å². The third-order valence-corrected chi connectivity index (χ3v) is 10.4. The van der Waals surface area contributed by atoms with Crippen LogP contribution >= 0.6 is 12.0 Å². The average molecular weight is 710 g/mol. The van der Waals surface area contributed by atoms with Gasteiger partial charge in [-0.05, 0) is 50.4 Å². The molecule has 4 aliphatic rings. The largest absolute Gasteiger partial charge is 0.747 e. The van der Waals surface area contributed by atoms with Crippen LogP contribution in [0.1, 0.15) is 38.5 Å². The second-order valence-corrected chi connectivity index (χ2v) is 13.6. The average Bonchev–Trinajstić information content (AvgIpc) is 2.77. The molecule has 0 N–H and O–H groups in total. The van der Waals surface area contributed by atoms with Gasteiger partial charge in [-0.25, -0.2) is 18.0 Å². The van der Waals surface area contributed by atoms with Crippen LogP contribution in [0.5, 0.6) is 0 Å². The predicted molar refractivity (Wildman–Crippen MR) is 111 cm³/mol. The summed E-state index contributed by atoms with van der Waals surface area (Å²) in [4.78, 5) is 24.6. The molecule has 4 fully saturated rings. The Hall–Kier alpha value is -1.76. The summed E-state index contributed by atoms with van der Waals surface area (Å²) >= 11 is -1.75. The van der Waals surface area contributed by atoms with Crippen molar-refractivity contribution in [3.05, 3.63) is 0 Å². The van der Waals surface area contributed by atoms with Crippen LogP contribution in [-0.4, -0.2) is 72.3 Å². The Balaban J connectivity index is 1.89. The first kappa shape index (κ1) is 36.7. The summed E-state index contributed by atoms with van der Waals surface area (Å²) in [5.74, 6) is -7.56. The molecule has 0 heterocycles. The maximum Gasteiger partial charge on any atom is 0.426 e. The summed E-state index contributed by atoms with van der Waals surface area (Å²) in [5, 5.41) is 12.5. The van der Waals surface area contributed by atoms with Gasteiger partial charge in [0.25, 0.3) is 0 Å². The van der Waals surface area contributed by atoms with Gasteiger partial charge in [-0.15, -0.1) is 0 Å². The first-order chi connectivity index (χ1) is 19.6. The zero-order valence-electron chi connectivity index (χ0n) is 21.2. The molecule has 0 amide bonds. The maximum atomic E-state index is 13.6. The number of carbonyl (C=O) groups excluding carboxylic acids is 2.